The van der Waals surface area contributed by atoms with Crippen LogP contribution in [0.4, 0.5) is 5.69 Å². The Hall–Kier alpha value is -1.78. The summed E-state index contributed by atoms with van der Waals surface area (Å²) in [6.07, 6.45) is 3.79. The third-order valence-corrected chi connectivity index (χ3v) is 5.51. The highest BCUT2D eigenvalue weighted by Gasteiger charge is 2.18. The maximum absolute atomic E-state index is 12.4. The number of amides is 1. The van der Waals surface area contributed by atoms with E-state index in [1.54, 1.807) is 11.8 Å². The van der Waals surface area contributed by atoms with E-state index < -0.39 is 0 Å². The molecule has 0 bridgehead atoms. The molecule has 0 spiro atoms. The van der Waals surface area contributed by atoms with Crippen molar-refractivity contribution in [2.24, 2.45) is 0 Å². The van der Waals surface area contributed by atoms with Crippen LogP contribution in [-0.2, 0) is 10.5 Å². The summed E-state index contributed by atoms with van der Waals surface area (Å²) in [6.45, 7) is 2.83. The van der Waals surface area contributed by atoms with Gasteiger partial charge < -0.3 is 10.2 Å². The van der Waals surface area contributed by atoms with Crippen molar-refractivity contribution < 1.29 is 9.69 Å². The largest absolute Gasteiger partial charge is 0.327 e. The molecule has 1 saturated heterocycles. The van der Waals surface area contributed by atoms with Gasteiger partial charge in [0.2, 0.25) is 0 Å². The Morgan fingerprint density at radius 1 is 0.958 bits per heavy atom. The standard InChI is InChI=1S/C20H24N2OS/c23-20(15-22-13-7-2-8-14-22)21-18-11-5-6-12-19(18)24-16-17-9-3-1-4-10-17/h1,3-6,9-12H,2,7-8,13-16H2,(H,21,23)/p+1. The van der Waals surface area contributed by atoms with E-state index in [1.165, 1.54) is 29.7 Å². The molecule has 0 aliphatic carbocycles. The maximum atomic E-state index is 12.4. The van der Waals surface area contributed by atoms with Gasteiger partial charge in [0.25, 0.3) is 5.91 Å². The van der Waals surface area contributed by atoms with Gasteiger partial charge in [-0.1, -0.05) is 42.5 Å². The molecule has 24 heavy (non-hydrogen) atoms. The minimum absolute atomic E-state index is 0.125. The number of anilines is 1. The van der Waals surface area contributed by atoms with Crippen molar-refractivity contribution in [2.75, 3.05) is 25.0 Å². The summed E-state index contributed by atoms with van der Waals surface area (Å²) in [7, 11) is 0. The van der Waals surface area contributed by atoms with Gasteiger partial charge >= 0.3 is 0 Å². The molecule has 2 N–H and O–H groups in total. The third-order valence-electron chi connectivity index (χ3n) is 4.37. The minimum atomic E-state index is 0.125. The average molecular weight is 342 g/mol. The highest BCUT2D eigenvalue weighted by molar-refractivity contribution is 7.98. The summed E-state index contributed by atoms with van der Waals surface area (Å²) in [5.74, 6) is 1.03. The van der Waals surface area contributed by atoms with E-state index in [-0.39, 0.29) is 5.91 Å². The number of benzene rings is 2. The number of hydrogen-bond donors (Lipinski definition) is 2. The van der Waals surface area contributed by atoms with Crippen LogP contribution in [0.2, 0.25) is 0 Å². The number of nitrogens with one attached hydrogen (secondary N) is 2. The second-order valence-corrected chi connectivity index (χ2v) is 7.32. The lowest BCUT2D eigenvalue weighted by molar-refractivity contribution is -0.896. The number of thioether (sulfide) groups is 1. The quantitative estimate of drug-likeness (QED) is 0.792. The van der Waals surface area contributed by atoms with E-state index in [9.17, 15) is 4.79 Å². The van der Waals surface area contributed by atoms with Gasteiger partial charge in [0, 0.05) is 10.6 Å². The Morgan fingerprint density at radius 3 is 2.46 bits per heavy atom. The van der Waals surface area contributed by atoms with Crippen LogP contribution < -0.4 is 10.2 Å². The molecule has 0 aromatic heterocycles. The highest BCUT2D eigenvalue weighted by atomic mass is 32.2. The van der Waals surface area contributed by atoms with Crippen molar-refractivity contribution in [2.45, 2.75) is 29.9 Å². The van der Waals surface area contributed by atoms with Crippen LogP contribution in [0.15, 0.2) is 59.5 Å². The fraction of sp³-hybridized carbons (Fsp3) is 0.350. The summed E-state index contributed by atoms with van der Waals surface area (Å²) in [5, 5.41) is 3.11. The molecule has 1 aliphatic heterocycles. The number of rotatable bonds is 6. The van der Waals surface area contributed by atoms with Gasteiger partial charge in [-0.2, -0.15) is 0 Å². The highest BCUT2D eigenvalue weighted by Crippen LogP contribution is 2.29. The van der Waals surface area contributed by atoms with E-state index in [4.69, 9.17) is 0 Å². The van der Waals surface area contributed by atoms with Crippen LogP contribution in [0.5, 0.6) is 0 Å². The van der Waals surface area contributed by atoms with Crippen LogP contribution in [-0.4, -0.2) is 25.5 Å². The number of likely N-dealkylation sites (tertiary alicyclic amines) is 1. The van der Waals surface area contributed by atoms with Crippen molar-refractivity contribution in [3.8, 4) is 0 Å². The zero-order chi connectivity index (χ0) is 16.6. The Bertz CT molecular complexity index is 654. The molecule has 1 fully saturated rings. The fourth-order valence-electron chi connectivity index (χ4n) is 3.08. The zero-order valence-corrected chi connectivity index (χ0v) is 14.8. The molecule has 3 nitrogen and oxygen atoms in total. The molecule has 126 valence electrons. The van der Waals surface area contributed by atoms with Crippen molar-refractivity contribution in [3.05, 3.63) is 60.2 Å². The number of quaternary nitrogens is 1. The molecule has 0 radical (unpaired) electrons. The molecule has 2 aromatic carbocycles. The van der Waals surface area contributed by atoms with E-state index in [1.807, 2.05) is 24.3 Å². The van der Waals surface area contributed by atoms with Gasteiger partial charge in [-0.05, 0) is 37.0 Å². The van der Waals surface area contributed by atoms with Crippen molar-refractivity contribution in [1.82, 2.24) is 0 Å². The third kappa shape index (κ3) is 5.11. The topological polar surface area (TPSA) is 33.5 Å². The Kier molecular flexibility index (Phi) is 6.33. The van der Waals surface area contributed by atoms with Crippen molar-refractivity contribution >= 4 is 23.4 Å². The number of hydrogen-bond acceptors (Lipinski definition) is 2. The van der Waals surface area contributed by atoms with E-state index in [0.717, 1.165) is 29.4 Å². The van der Waals surface area contributed by atoms with E-state index >= 15 is 0 Å². The van der Waals surface area contributed by atoms with Gasteiger partial charge in [0.15, 0.2) is 6.54 Å². The predicted molar refractivity (Wildman–Crippen MR) is 100 cm³/mol. The monoisotopic (exact) mass is 341 g/mol. The average Bonchev–Trinajstić information content (AvgIpc) is 2.63. The predicted octanol–water partition coefficient (Wildman–Crippen LogP) is 2.99. The second-order valence-electron chi connectivity index (χ2n) is 6.31. The SMILES string of the molecule is O=C(C[NH+]1CCCCC1)Nc1ccccc1SCc1ccccc1. The van der Waals surface area contributed by atoms with Gasteiger partial charge in [-0.15, -0.1) is 11.8 Å². The van der Waals surface area contributed by atoms with Crippen LogP contribution in [0, 0.1) is 0 Å². The first-order valence-electron chi connectivity index (χ1n) is 8.70. The normalized spacial score (nSPS) is 15.2. The summed E-state index contributed by atoms with van der Waals surface area (Å²) in [6, 6.07) is 18.5. The molecule has 1 aliphatic rings. The number of carbonyl (C=O) groups excluding carboxylic acids is 1. The lowest BCUT2D eigenvalue weighted by Gasteiger charge is -2.23. The molecule has 3 rings (SSSR count). The van der Waals surface area contributed by atoms with Gasteiger partial charge in [0.1, 0.15) is 0 Å². The number of para-hydroxylation sites is 1. The van der Waals surface area contributed by atoms with Gasteiger partial charge in [0.05, 0.1) is 18.8 Å². The summed E-state index contributed by atoms with van der Waals surface area (Å²) in [5.41, 5.74) is 2.22. The van der Waals surface area contributed by atoms with Crippen LogP contribution in [0.3, 0.4) is 0 Å². The number of piperidine rings is 1. The molecular weight excluding hydrogens is 316 g/mol. The van der Waals surface area contributed by atoms with Crippen molar-refractivity contribution in [3.63, 3.8) is 0 Å². The Morgan fingerprint density at radius 2 is 1.67 bits per heavy atom. The van der Waals surface area contributed by atoms with Crippen molar-refractivity contribution in [1.29, 1.82) is 0 Å². The number of carbonyl (C=O) groups is 1. The first kappa shape index (κ1) is 17.1. The molecule has 0 saturated carbocycles. The zero-order valence-electron chi connectivity index (χ0n) is 14.0. The fourth-order valence-corrected chi connectivity index (χ4v) is 4.05. The molecule has 1 heterocycles. The Balaban J connectivity index is 1.57. The minimum Gasteiger partial charge on any atom is -0.327 e. The smallest absolute Gasteiger partial charge is 0.279 e. The van der Waals surface area contributed by atoms with Gasteiger partial charge in [-0.25, -0.2) is 0 Å². The molecule has 2 aromatic rings. The second kappa shape index (κ2) is 8.90. The first-order chi connectivity index (χ1) is 11.8. The summed E-state index contributed by atoms with van der Waals surface area (Å²) in [4.78, 5) is 14.9. The van der Waals surface area contributed by atoms with Gasteiger partial charge in [-0.3, -0.25) is 4.79 Å². The molecule has 4 heteroatoms. The lowest BCUT2D eigenvalue weighted by atomic mass is 10.1. The van der Waals surface area contributed by atoms with E-state index in [2.05, 4.69) is 35.6 Å². The van der Waals surface area contributed by atoms with Crippen LogP contribution >= 0.6 is 11.8 Å². The first-order valence-corrected chi connectivity index (χ1v) is 9.69. The maximum Gasteiger partial charge on any atom is 0.279 e. The van der Waals surface area contributed by atoms with Crippen LogP contribution in [0.1, 0.15) is 24.8 Å². The lowest BCUT2D eigenvalue weighted by Crippen LogP contribution is -3.13. The Labute approximate surface area is 148 Å². The van der Waals surface area contributed by atoms with E-state index in [0.29, 0.717) is 6.54 Å². The molecular formula is C20H25N2OS+. The summed E-state index contributed by atoms with van der Waals surface area (Å²) >= 11 is 1.77. The molecule has 0 unspecified atom stereocenters. The van der Waals surface area contributed by atoms with Crippen LogP contribution in [0.25, 0.3) is 0 Å². The molecule has 0 atom stereocenters. The summed E-state index contributed by atoms with van der Waals surface area (Å²) < 4.78 is 0. The molecule has 1 amide bonds.